The minimum absolute atomic E-state index is 0.131. The van der Waals surface area contributed by atoms with Crippen LogP contribution in [0.15, 0.2) is 18.5 Å². The number of fused-ring (bicyclic) bond motifs is 1. The van der Waals surface area contributed by atoms with Crippen LogP contribution in [0.25, 0.3) is 5.65 Å². The lowest BCUT2D eigenvalue weighted by Gasteiger charge is -2.15. The Morgan fingerprint density at radius 1 is 1.60 bits per heavy atom. The van der Waals surface area contributed by atoms with Crippen molar-refractivity contribution in [3.63, 3.8) is 0 Å². The molecule has 0 radical (unpaired) electrons. The van der Waals surface area contributed by atoms with Crippen LogP contribution in [0.2, 0.25) is 0 Å². The second-order valence-corrected chi connectivity index (χ2v) is 3.19. The number of quaternary nitrogens is 1. The Morgan fingerprint density at radius 2 is 2.33 bits per heavy atom. The first kappa shape index (κ1) is 9.91. The molecule has 0 fully saturated rings. The van der Waals surface area contributed by atoms with Crippen LogP contribution in [-0.4, -0.2) is 21.7 Å². The van der Waals surface area contributed by atoms with Crippen LogP contribution in [0.1, 0.15) is 5.69 Å². The molecule has 0 amide bonds. The minimum Gasteiger partial charge on any atom is -0.595 e. The summed E-state index contributed by atoms with van der Waals surface area (Å²) in [4.78, 5) is 4.12. The van der Waals surface area contributed by atoms with Gasteiger partial charge in [-0.25, -0.2) is 10.2 Å². The monoisotopic (exact) mass is 209 g/mol. The first-order valence-corrected chi connectivity index (χ1v) is 4.38. The first-order valence-electron chi connectivity index (χ1n) is 4.38. The van der Waals surface area contributed by atoms with Gasteiger partial charge in [0.05, 0.1) is 13.3 Å². The first-order chi connectivity index (χ1) is 7.13. The number of hydrogen-bond donors (Lipinski definition) is 2. The van der Waals surface area contributed by atoms with E-state index in [-0.39, 0.29) is 5.69 Å². The summed E-state index contributed by atoms with van der Waals surface area (Å²) < 4.78 is 6.70. The molecule has 0 bridgehead atoms. The minimum atomic E-state index is -1.01. The van der Waals surface area contributed by atoms with Gasteiger partial charge in [0.15, 0.2) is 5.75 Å². The molecule has 0 saturated carbocycles. The average Bonchev–Trinajstić information content (AvgIpc) is 2.58. The Bertz CT molecular complexity index is 493. The zero-order chi connectivity index (χ0) is 11.0. The summed E-state index contributed by atoms with van der Waals surface area (Å²) in [6, 6.07) is 1.61. The van der Waals surface area contributed by atoms with Gasteiger partial charge in [0.25, 0.3) is 0 Å². The second-order valence-electron chi connectivity index (χ2n) is 3.19. The molecule has 2 rings (SSSR count). The maximum atomic E-state index is 10.9. The largest absolute Gasteiger partial charge is 0.595 e. The van der Waals surface area contributed by atoms with Gasteiger partial charge >= 0.3 is 0 Å². The summed E-state index contributed by atoms with van der Waals surface area (Å²) in [5.41, 5.74) is 1.69. The van der Waals surface area contributed by atoms with Crippen LogP contribution in [0.4, 0.5) is 5.69 Å². The highest BCUT2D eigenvalue weighted by Gasteiger charge is 2.13. The van der Waals surface area contributed by atoms with Gasteiger partial charge in [0.1, 0.15) is 5.65 Å². The topological polar surface area (TPSA) is 74.3 Å². The second kappa shape index (κ2) is 3.50. The quantitative estimate of drug-likeness (QED) is 0.685. The summed E-state index contributed by atoms with van der Waals surface area (Å²) >= 11 is 0. The summed E-state index contributed by atoms with van der Waals surface area (Å²) in [6.45, 7) is 1.86. The van der Waals surface area contributed by atoms with E-state index in [4.69, 9.17) is 9.94 Å². The molecule has 2 heterocycles. The number of nitrogens with one attached hydrogen (secondary N) is 1. The Hall–Kier alpha value is -1.63. The molecule has 0 aliphatic rings. The number of imidazole rings is 1. The predicted molar refractivity (Wildman–Crippen MR) is 52.3 cm³/mol. The van der Waals surface area contributed by atoms with E-state index in [2.05, 4.69) is 4.98 Å². The highest BCUT2D eigenvalue weighted by atomic mass is 16.8. The molecule has 6 heteroatoms. The van der Waals surface area contributed by atoms with E-state index in [9.17, 15) is 5.21 Å². The predicted octanol–water partition coefficient (Wildman–Crippen LogP) is 0.0547. The molecule has 15 heavy (non-hydrogen) atoms. The highest BCUT2D eigenvalue weighted by Crippen LogP contribution is 2.22. The number of aromatic nitrogens is 2. The van der Waals surface area contributed by atoms with Crippen molar-refractivity contribution in [1.82, 2.24) is 9.38 Å². The summed E-state index contributed by atoms with van der Waals surface area (Å²) in [5, 5.41) is 18.9. The van der Waals surface area contributed by atoms with Crippen LogP contribution in [-0.2, 0) is 0 Å². The van der Waals surface area contributed by atoms with Gasteiger partial charge in [-0.2, -0.15) is 5.23 Å². The number of ether oxygens (including phenoxy) is 1. The van der Waals surface area contributed by atoms with E-state index >= 15 is 0 Å². The maximum absolute atomic E-state index is 10.9. The molecule has 0 saturated heterocycles. The van der Waals surface area contributed by atoms with Crippen LogP contribution < -0.4 is 9.96 Å². The molecular formula is C9H11N3O3. The van der Waals surface area contributed by atoms with E-state index in [0.29, 0.717) is 11.4 Å². The molecule has 2 N–H and O–H groups in total. The van der Waals surface area contributed by atoms with Crippen molar-refractivity contribution < 1.29 is 15.2 Å². The molecule has 2 aromatic rings. The zero-order valence-corrected chi connectivity index (χ0v) is 8.39. The van der Waals surface area contributed by atoms with E-state index in [1.165, 1.54) is 13.3 Å². The number of aryl methyl sites for hydroxylation is 1. The number of pyridine rings is 1. The van der Waals surface area contributed by atoms with Gasteiger partial charge in [0, 0.05) is 18.0 Å². The van der Waals surface area contributed by atoms with Gasteiger partial charge in [-0.1, -0.05) is 0 Å². The number of nitrogens with zero attached hydrogens (tertiary/aromatic N) is 2. The van der Waals surface area contributed by atoms with E-state index in [0.717, 1.165) is 5.69 Å². The van der Waals surface area contributed by atoms with Gasteiger partial charge < -0.3 is 9.94 Å². The third-order valence-electron chi connectivity index (χ3n) is 2.24. The van der Waals surface area contributed by atoms with E-state index < -0.39 is 5.23 Å². The lowest BCUT2D eigenvalue weighted by molar-refractivity contribution is -0.991. The fourth-order valence-corrected chi connectivity index (χ4v) is 1.46. The summed E-state index contributed by atoms with van der Waals surface area (Å²) in [6.07, 6.45) is 3.19. The van der Waals surface area contributed by atoms with Crippen molar-refractivity contribution in [2.75, 3.05) is 7.11 Å². The summed E-state index contributed by atoms with van der Waals surface area (Å²) in [7, 11) is 1.44. The standard InChI is InChI=1S/C9H11N3O3/c1-6-4-10-9-3-8(15-2)7(12(13)14)5-11(6)9/h3-5,12-13H,1-2H3. The molecule has 0 aromatic carbocycles. The Morgan fingerprint density at radius 3 is 2.93 bits per heavy atom. The Kier molecular flexibility index (Phi) is 2.31. The Balaban J connectivity index is 2.71. The lowest BCUT2D eigenvalue weighted by atomic mass is 10.3. The van der Waals surface area contributed by atoms with Crippen molar-refractivity contribution in [1.29, 1.82) is 0 Å². The van der Waals surface area contributed by atoms with Gasteiger partial charge in [-0.3, -0.25) is 4.40 Å². The highest BCUT2D eigenvalue weighted by molar-refractivity contribution is 5.55. The maximum Gasteiger partial charge on any atom is 0.223 e. The fourth-order valence-electron chi connectivity index (χ4n) is 1.46. The normalized spacial score (nSPS) is 13.1. The Labute approximate surface area is 85.9 Å². The molecule has 0 aliphatic carbocycles. The van der Waals surface area contributed by atoms with Crippen molar-refractivity contribution in [2.24, 2.45) is 0 Å². The van der Waals surface area contributed by atoms with Gasteiger partial charge in [-0.15, -0.1) is 0 Å². The van der Waals surface area contributed by atoms with Crippen molar-refractivity contribution >= 4 is 11.3 Å². The lowest BCUT2D eigenvalue weighted by Crippen LogP contribution is -2.99. The van der Waals surface area contributed by atoms with E-state index in [1.54, 1.807) is 16.7 Å². The van der Waals surface area contributed by atoms with Crippen molar-refractivity contribution in [3.8, 4) is 5.75 Å². The van der Waals surface area contributed by atoms with Crippen LogP contribution in [0.5, 0.6) is 5.75 Å². The molecule has 0 spiro atoms. The molecule has 6 nitrogen and oxygen atoms in total. The van der Waals surface area contributed by atoms with Crippen LogP contribution >= 0.6 is 0 Å². The zero-order valence-electron chi connectivity index (χ0n) is 8.39. The number of methoxy groups -OCH3 is 1. The summed E-state index contributed by atoms with van der Waals surface area (Å²) in [5.74, 6) is 0.320. The van der Waals surface area contributed by atoms with Crippen molar-refractivity contribution in [2.45, 2.75) is 6.92 Å². The number of rotatable bonds is 2. The third-order valence-corrected chi connectivity index (χ3v) is 2.24. The fraction of sp³-hybridized carbons (Fsp3) is 0.222. The molecule has 1 unspecified atom stereocenters. The molecule has 1 atom stereocenters. The van der Waals surface area contributed by atoms with Crippen molar-refractivity contribution in [3.05, 3.63) is 29.4 Å². The van der Waals surface area contributed by atoms with Crippen LogP contribution in [0.3, 0.4) is 0 Å². The smallest absolute Gasteiger partial charge is 0.223 e. The third kappa shape index (κ3) is 1.54. The average molecular weight is 209 g/mol. The van der Waals surface area contributed by atoms with Crippen LogP contribution in [0, 0.1) is 12.1 Å². The molecule has 0 aliphatic heterocycles. The van der Waals surface area contributed by atoms with Gasteiger partial charge in [-0.05, 0) is 6.92 Å². The molecule has 2 aromatic heterocycles. The number of hydrogen-bond acceptors (Lipinski definition) is 4. The SMILES string of the molecule is COc1cc2ncc(C)n2cc1[NH+]([O-])O. The molecule has 80 valence electrons. The molecular weight excluding hydrogens is 198 g/mol. The van der Waals surface area contributed by atoms with E-state index in [1.807, 2.05) is 6.92 Å². The van der Waals surface area contributed by atoms with Gasteiger partial charge in [0.2, 0.25) is 5.69 Å².